The molecular formula is C21H26N6S. The number of H-pyrrole nitrogens is 1. The number of aromatic nitrogens is 4. The number of nitrogens with one attached hydrogen (secondary N) is 3. The van der Waals surface area contributed by atoms with Gasteiger partial charge in [0.05, 0.1) is 6.33 Å². The Morgan fingerprint density at radius 2 is 1.79 bits per heavy atom. The molecule has 3 aromatic heterocycles. The van der Waals surface area contributed by atoms with Crippen LogP contribution in [0.15, 0.2) is 30.6 Å². The molecule has 0 unspecified atom stereocenters. The molecule has 4 rings (SSSR count). The molecule has 0 atom stereocenters. The van der Waals surface area contributed by atoms with Gasteiger partial charge in [-0.1, -0.05) is 26.8 Å². The average molecular weight is 395 g/mol. The minimum atomic E-state index is -0.122. The summed E-state index contributed by atoms with van der Waals surface area (Å²) in [5.74, 6) is 1.27. The quantitative estimate of drug-likeness (QED) is 0.408. The van der Waals surface area contributed by atoms with Crippen molar-refractivity contribution in [3.05, 3.63) is 35.5 Å². The summed E-state index contributed by atoms with van der Waals surface area (Å²) in [7, 11) is 0. The highest BCUT2D eigenvalue weighted by molar-refractivity contribution is 7.19. The maximum atomic E-state index is 4.68. The van der Waals surface area contributed by atoms with Crippen molar-refractivity contribution in [2.24, 2.45) is 0 Å². The van der Waals surface area contributed by atoms with Crippen LogP contribution in [0.4, 0.5) is 17.5 Å². The SMILES string of the molecule is CC(C)(C)Nc1nc(Nc2ccc3cc(C(C)(C)C)sc3c2)nc2nc[nH]c12. The number of anilines is 3. The predicted octanol–water partition coefficient (Wildman–Crippen LogP) is 5.82. The molecule has 0 spiro atoms. The fourth-order valence-electron chi connectivity index (χ4n) is 2.94. The maximum absolute atomic E-state index is 4.68. The monoisotopic (exact) mass is 394 g/mol. The van der Waals surface area contributed by atoms with Crippen molar-refractivity contribution < 1.29 is 0 Å². The van der Waals surface area contributed by atoms with Gasteiger partial charge in [-0.05, 0) is 49.8 Å². The maximum Gasteiger partial charge on any atom is 0.231 e. The van der Waals surface area contributed by atoms with Crippen LogP contribution in [0.25, 0.3) is 21.3 Å². The van der Waals surface area contributed by atoms with E-state index in [-0.39, 0.29) is 11.0 Å². The molecule has 0 amide bonds. The van der Waals surface area contributed by atoms with Crippen molar-refractivity contribution in [1.29, 1.82) is 0 Å². The molecule has 0 aliphatic carbocycles. The van der Waals surface area contributed by atoms with Crippen LogP contribution in [0.1, 0.15) is 46.4 Å². The van der Waals surface area contributed by atoms with Gasteiger partial charge in [-0.15, -0.1) is 11.3 Å². The zero-order valence-electron chi connectivity index (χ0n) is 17.1. The minimum Gasteiger partial charge on any atom is -0.364 e. The minimum absolute atomic E-state index is 0.122. The van der Waals surface area contributed by atoms with Gasteiger partial charge < -0.3 is 15.6 Å². The average Bonchev–Trinajstić information content (AvgIpc) is 3.18. The number of benzene rings is 1. The van der Waals surface area contributed by atoms with E-state index in [0.29, 0.717) is 11.6 Å². The number of rotatable bonds is 3. The number of imidazole rings is 1. The van der Waals surface area contributed by atoms with E-state index in [1.807, 2.05) is 11.3 Å². The summed E-state index contributed by atoms with van der Waals surface area (Å²) in [5.41, 5.74) is 2.44. The fourth-order valence-corrected chi connectivity index (χ4v) is 4.10. The predicted molar refractivity (Wildman–Crippen MR) is 119 cm³/mol. The Morgan fingerprint density at radius 3 is 2.50 bits per heavy atom. The van der Waals surface area contributed by atoms with Crippen LogP contribution in [0, 0.1) is 0 Å². The lowest BCUT2D eigenvalue weighted by Gasteiger charge is -2.21. The van der Waals surface area contributed by atoms with E-state index in [2.05, 4.69) is 96.4 Å². The Hall–Kier alpha value is -2.67. The summed E-state index contributed by atoms with van der Waals surface area (Å²) >= 11 is 1.83. The number of aromatic amines is 1. The number of fused-ring (bicyclic) bond motifs is 2. The first-order valence-electron chi connectivity index (χ1n) is 9.39. The van der Waals surface area contributed by atoms with E-state index in [1.165, 1.54) is 15.0 Å². The van der Waals surface area contributed by atoms with Crippen molar-refractivity contribution in [2.45, 2.75) is 52.5 Å². The topological polar surface area (TPSA) is 78.5 Å². The first-order chi connectivity index (χ1) is 13.1. The van der Waals surface area contributed by atoms with E-state index in [9.17, 15) is 0 Å². The van der Waals surface area contributed by atoms with Crippen LogP contribution in [0.2, 0.25) is 0 Å². The van der Waals surface area contributed by atoms with Crippen molar-refractivity contribution in [2.75, 3.05) is 10.6 Å². The third-order valence-electron chi connectivity index (χ3n) is 4.29. The molecule has 3 N–H and O–H groups in total. The third kappa shape index (κ3) is 3.80. The molecule has 0 saturated carbocycles. The van der Waals surface area contributed by atoms with Crippen LogP contribution in [0.3, 0.4) is 0 Å². The largest absolute Gasteiger partial charge is 0.364 e. The number of nitrogens with zero attached hydrogens (tertiary/aromatic N) is 3. The molecule has 3 heterocycles. The molecule has 6 nitrogen and oxygen atoms in total. The highest BCUT2D eigenvalue weighted by Gasteiger charge is 2.18. The summed E-state index contributed by atoms with van der Waals surface area (Å²) in [6.07, 6.45) is 1.64. The highest BCUT2D eigenvalue weighted by Crippen LogP contribution is 2.35. The van der Waals surface area contributed by atoms with Gasteiger partial charge in [0.1, 0.15) is 5.52 Å². The molecule has 1 aromatic carbocycles. The van der Waals surface area contributed by atoms with Crippen molar-refractivity contribution >= 4 is 50.0 Å². The molecule has 28 heavy (non-hydrogen) atoms. The van der Waals surface area contributed by atoms with Crippen molar-refractivity contribution in [3.8, 4) is 0 Å². The lowest BCUT2D eigenvalue weighted by molar-refractivity contribution is 0.604. The van der Waals surface area contributed by atoms with Crippen LogP contribution in [-0.4, -0.2) is 25.5 Å². The van der Waals surface area contributed by atoms with E-state index in [0.717, 1.165) is 17.0 Å². The Bertz CT molecular complexity index is 1140. The molecule has 0 bridgehead atoms. The first kappa shape index (κ1) is 18.7. The molecule has 7 heteroatoms. The van der Waals surface area contributed by atoms with E-state index in [4.69, 9.17) is 0 Å². The van der Waals surface area contributed by atoms with Crippen LogP contribution >= 0.6 is 11.3 Å². The summed E-state index contributed by atoms with van der Waals surface area (Å²) in [5, 5.41) is 8.03. The lowest BCUT2D eigenvalue weighted by atomic mass is 9.94. The van der Waals surface area contributed by atoms with Gasteiger partial charge in [-0.25, -0.2) is 4.98 Å². The Morgan fingerprint density at radius 1 is 1.00 bits per heavy atom. The zero-order valence-corrected chi connectivity index (χ0v) is 18.0. The normalized spacial score (nSPS) is 12.6. The van der Waals surface area contributed by atoms with Gasteiger partial charge in [0.25, 0.3) is 0 Å². The highest BCUT2D eigenvalue weighted by atomic mass is 32.1. The standard InChI is InChI=1S/C21H26N6S/c1-20(2,3)15-9-12-7-8-13(10-14(12)28-15)24-19-25-17-16(22-11-23-17)18(26-19)27-21(4,5)6/h7-11H,1-6H3,(H3,22,23,24,25,26,27). The van der Waals surface area contributed by atoms with Gasteiger partial charge >= 0.3 is 0 Å². The van der Waals surface area contributed by atoms with E-state index >= 15 is 0 Å². The van der Waals surface area contributed by atoms with Crippen LogP contribution in [-0.2, 0) is 5.41 Å². The molecule has 0 fully saturated rings. The number of thiophene rings is 1. The molecule has 146 valence electrons. The zero-order chi connectivity index (χ0) is 20.1. The second-order valence-corrected chi connectivity index (χ2v) is 10.2. The van der Waals surface area contributed by atoms with Crippen molar-refractivity contribution in [1.82, 2.24) is 19.9 Å². The molecular weight excluding hydrogens is 368 g/mol. The summed E-state index contributed by atoms with van der Waals surface area (Å²) in [4.78, 5) is 18.0. The van der Waals surface area contributed by atoms with E-state index < -0.39 is 0 Å². The molecule has 0 radical (unpaired) electrons. The summed E-state index contributed by atoms with van der Waals surface area (Å²) in [6, 6.07) is 8.65. The second-order valence-electron chi connectivity index (χ2n) is 9.11. The van der Waals surface area contributed by atoms with Crippen LogP contribution in [0.5, 0.6) is 0 Å². The lowest BCUT2D eigenvalue weighted by Crippen LogP contribution is -2.27. The van der Waals surface area contributed by atoms with Gasteiger partial charge in [0.15, 0.2) is 11.5 Å². The summed E-state index contributed by atoms with van der Waals surface area (Å²) < 4.78 is 1.25. The third-order valence-corrected chi connectivity index (χ3v) is 5.82. The Labute approximate surface area is 168 Å². The Kier molecular flexibility index (Phi) is 4.30. The first-order valence-corrected chi connectivity index (χ1v) is 10.2. The Balaban J connectivity index is 1.69. The van der Waals surface area contributed by atoms with Crippen molar-refractivity contribution in [3.63, 3.8) is 0 Å². The summed E-state index contributed by atoms with van der Waals surface area (Å²) in [6.45, 7) is 13.0. The van der Waals surface area contributed by atoms with Gasteiger partial charge in [-0.3, -0.25) is 0 Å². The smallest absolute Gasteiger partial charge is 0.231 e. The van der Waals surface area contributed by atoms with Crippen LogP contribution < -0.4 is 10.6 Å². The number of hydrogen-bond acceptors (Lipinski definition) is 6. The van der Waals surface area contributed by atoms with Gasteiger partial charge in [0.2, 0.25) is 5.95 Å². The van der Waals surface area contributed by atoms with Gasteiger partial charge in [-0.2, -0.15) is 9.97 Å². The number of hydrogen-bond donors (Lipinski definition) is 3. The molecule has 0 aliphatic rings. The van der Waals surface area contributed by atoms with Gasteiger partial charge in [0, 0.05) is 20.8 Å². The molecule has 4 aromatic rings. The second kappa shape index (κ2) is 6.44. The molecule has 0 saturated heterocycles. The molecule has 0 aliphatic heterocycles. The van der Waals surface area contributed by atoms with E-state index in [1.54, 1.807) is 6.33 Å². The fraction of sp³-hybridized carbons (Fsp3) is 0.381.